The summed E-state index contributed by atoms with van der Waals surface area (Å²) in [5.41, 5.74) is 3.23. The Bertz CT molecular complexity index is 895. The van der Waals surface area contributed by atoms with E-state index in [1.807, 2.05) is 48.3 Å². The molecule has 0 aliphatic rings. The van der Waals surface area contributed by atoms with E-state index in [4.69, 9.17) is 0 Å². The van der Waals surface area contributed by atoms with Crippen molar-refractivity contribution in [1.29, 1.82) is 0 Å². The van der Waals surface area contributed by atoms with Crippen LogP contribution in [0.5, 0.6) is 0 Å². The fraction of sp³-hybridized carbons (Fsp3) is 0.273. The van der Waals surface area contributed by atoms with Gasteiger partial charge in [-0.3, -0.25) is 4.68 Å². The standard InChI is InChI=1S/C22H26FN5.HI/c1-2-24-22(25-12-11-18-9-6-10-21(23)13-18)26-14-20-15-27-28(17-20)16-19-7-4-3-5-8-19;/h3-10,13,15,17H,2,11-12,14,16H2,1H3,(H2,24,25,26);1H. The van der Waals surface area contributed by atoms with Crippen LogP contribution >= 0.6 is 24.0 Å². The summed E-state index contributed by atoms with van der Waals surface area (Å²) in [6.45, 7) is 4.78. The molecule has 0 bridgehead atoms. The monoisotopic (exact) mass is 507 g/mol. The summed E-state index contributed by atoms with van der Waals surface area (Å²) in [6.07, 6.45) is 4.60. The maximum atomic E-state index is 13.3. The fourth-order valence-electron chi connectivity index (χ4n) is 2.87. The van der Waals surface area contributed by atoms with Crippen molar-refractivity contribution in [1.82, 2.24) is 20.4 Å². The van der Waals surface area contributed by atoms with Gasteiger partial charge in [-0.2, -0.15) is 5.10 Å². The van der Waals surface area contributed by atoms with Gasteiger partial charge in [-0.15, -0.1) is 24.0 Å². The van der Waals surface area contributed by atoms with E-state index in [1.54, 1.807) is 12.1 Å². The van der Waals surface area contributed by atoms with Gasteiger partial charge in [-0.25, -0.2) is 9.38 Å². The number of hydrogen-bond acceptors (Lipinski definition) is 2. The molecular formula is C22H27FIN5. The Labute approximate surface area is 188 Å². The highest BCUT2D eigenvalue weighted by atomic mass is 127. The SMILES string of the molecule is CCNC(=NCc1cnn(Cc2ccccc2)c1)NCCc1cccc(F)c1.I. The van der Waals surface area contributed by atoms with Crippen LogP contribution in [0.25, 0.3) is 0 Å². The quantitative estimate of drug-likeness (QED) is 0.276. The van der Waals surface area contributed by atoms with E-state index in [1.165, 1.54) is 11.6 Å². The highest BCUT2D eigenvalue weighted by Gasteiger charge is 2.02. The molecule has 0 unspecified atom stereocenters. The van der Waals surface area contributed by atoms with Crippen LogP contribution < -0.4 is 10.6 Å². The number of guanidine groups is 1. The summed E-state index contributed by atoms with van der Waals surface area (Å²) >= 11 is 0. The van der Waals surface area contributed by atoms with E-state index < -0.39 is 0 Å². The Kier molecular flexibility index (Phi) is 9.63. The van der Waals surface area contributed by atoms with Gasteiger partial charge in [0, 0.05) is 24.8 Å². The first-order chi connectivity index (χ1) is 13.7. The van der Waals surface area contributed by atoms with E-state index in [2.05, 4.69) is 32.9 Å². The Hall–Kier alpha value is -2.42. The average Bonchev–Trinajstić information content (AvgIpc) is 3.14. The molecule has 0 saturated carbocycles. The first kappa shape index (κ1) is 22.9. The average molecular weight is 507 g/mol. The van der Waals surface area contributed by atoms with Crippen LogP contribution in [0.3, 0.4) is 0 Å². The van der Waals surface area contributed by atoms with Crippen LogP contribution in [0.4, 0.5) is 4.39 Å². The van der Waals surface area contributed by atoms with Crippen molar-refractivity contribution in [2.45, 2.75) is 26.4 Å². The molecule has 3 aromatic rings. The van der Waals surface area contributed by atoms with Crippen LogP contribution in [0.15, 0.2) is 72.0 Å². The molecule has 0 amide bonds. The third-order valence-electron chi connectivity index (χ3n) is 4.23. The maximum absolute atomic E-state index is 13.3. The molecule has 5 nitrogen and oxygen atoms in total. The van der Waals surface area contributed by atoms with Crippen molar-refractivity contribution >= 4 is 29.9 Å². The van der Waals surface area contributed by atoms with Gasteiger partial charge >= 0.3 is 0 Å². The smallest absolute Gasteiger partial charge is 0.191 e. The summed E-state index contributed by atoms with van der Waals surface area (Å²) in [5.74, 6) is 0.542. The lowest BCUT2D eigenvalue weighted by molar-refractivity contribution is 0.625. The highest BCUT2D eigenvalue weighted by molar-refractivity contribution is 14.0. The lowest BCUT2D eigenvalue weighted by Crippen LogP contribution is -2.38. The summed E-state index contributed by atoms with van der Waals surface area (Å²) in [6, 6.07) is 16.9. The minimum Gasteiger partial charge on any atom is -0.357 e. The number of aromatic nitrogens is 2. The maximum Gasteiger partial charge on any atom is 0.191 e. The summed E-state index contributed by atoms with van der Waals surface area (Å²) < 4.78 is 15.2. The van der Waals surface area contributed by atoms with Crippen LogP contribution in [0.2, 0.25) is 0 Å². The van der Waals surface area contributed by atoms with Crippen LogP contribution in [0, 0.1) is 5.82 Å². The van der Waals surface area contributed by atoms with E-state index >= 15 is 0 Å². The minimum atomic E-state index is -0.203. The normalized spacial score (nSPS) is 11.0. The molecule has 0 aliphatic carbocycles. The molecule has 0 atom stereocenters. The lowest BCUT2D eigenvalue weighted by Gasteiger charge is -2.11. The Morgan fingerprint density at radius 3 is 2.59 bits per heavy atom. The third kappa shape index (κ3) is 7.84. The first-order valence-electron chi connectivity index (χ1n) is 9.55. The number of benzene rings is 2. The zero-order valence-electron chi connectivity index (χ0n) is 16.5. The molecule has 0 saturated heterocycles. The van der Waals surface area contributed by atoms with Gasteiger partial charge in [0.15, 0.2) is 5.96 Å². The summed E-state index contributed by atoms with van der Waals surface area (Å²) in [4.78, 5) is 4.62. The molecule has 1 aromatic heterocycles. The predicted molar refractivity (Wildman–Crippen MR) is 126 cm³/mol. The van der Waals surface area contributed by atoms with Gasteiger partial charge in [-0.05, 0) is 36.6 Å². The lowest BCUT2D eigenvalue weighted by atomic mass is 10.1. The van der Waals surface area contributed by atoms with Crippen molar-refractivity contribution in [3.63, 3.8) is 0 Å². The van der Waals surface area contributed by atoms with E-state index in [-0.39, 0.29) is 29.8 Å². The fourth-order valence-corrected chi connectivity index (χ4v) is 2.87. The number of halogens is 2. The highest BCUT2D eigenvalue weighted by Crippen LogP contribution is 2.05. The second-order valence-electron chi connectivity index (χ2n) is 6.53. The number of nitrogens with one attached hydrogen (secondary N) is 2. The van der Waals surface area contributed by atoms with Gasteiger partial charge < -0.3 is 10.6 Å². The van der Waals surface area contributed by atoms with Gasteiger partial charge in [0.25, 0.3) is 0 Å². The number of aliphatic imine (C=N–C) groups is 1. The van der Waals surface area contributed by atoms with Crippen LogP contribution in [-0.4, -0.2) is 28.8 Å². The largest absolute Gasteiger partial charge is 0.357 e. The van der Waals surface area contributed by atoms with Crippen LogP contribution in [0.1, 0.15) is 23.6 Å². The molecule has 29 heavy (non-hydrogen) atoms. The predicted octanol–water partition coefficient (Wildman–Crippen LogP) is 3.99. The second-order valence-corrected chi connectivity index (χ2v) is 6.53. The molecule has 0 spiro atoms. The van der Waals surface area contributed by atoms with Gasteiger partial charge in [-0.1, -0.05) is 42.5 Å². The molecule has 2 N–H and O–H groups in total. The Morgan fingerprint density at radius 2 is 1.83 bits per heavy atom. The molecule has 7 heteroatoms. The molecule has 0 fully saturated rings. The minimum absolute atomic E-state index is 0. The molecule has 2 aromatic carbocycles. The summed E-state index contributed by atoms with van der Waals surface area (Å²) in [5, 5.41) is 10.9. The number of nitrogens with zero attached hydrogens (tertiary/aromatic N) is 3. The Balaban J connectivity index is 0.00000300. The molecule has 1 heterocycles. The molecule has 154 valence electrons. The van der Waals surface area contributed by atoms with Crippen molar-refractivity contribution < 1.29 is 4.39 Å². The molecule has 3 rings (SSSR count). The van der Waals surface area contributed by atoms with Crippen molar-refractivity contribution in [2.24, 2.45) is 4.99 Å². The van der Waals surface area contributed by atoms with Gasteiger partial charge in [0.1, 0.15) is 5.82 Å². The number of hydrogen-bond donors (Lipinski definition) is 2. The van der Waals surface area contributed by atoms with E-state index in [0.717, 1.165) is 36.6 Å². The summed E-state index contributed by atoms with van der Waals surface area (Å²) in [7, 11) is 0. The molecule has 0 aliphatic heterocycles. The van der Waals surface area contributed by atoms with Crippen LogP contribution in [-0.2, 0) is 19.5 Å². The second kappa shape index (κ2) is 12.2. The molecule has 0 radical (unpaired) electrons. The third-order valence-corrected chi connectivity index (χ3v) is 4.23. The molecular weight excluding hydrogens is 480 g/mol. The zero-order chi connectivity index (χ0) is 19.6. The van der Waals surface area contributed by atoms with Gasteiger partial charge in [0.2, 0.25) is 0 Å². The van der Waals surface area contributed by atoms with Crippen molar-refractivity contribution in [3.05, 3.63) is 89.5 Å². The first-order valence-corrected chi connectivity index (χ1v) is 9.55. The van der Waals surface area contributed by atoms with E-state index in [0.29, 0.717) is 13.1 Å². The van der Waals surface area contributed by atoms with Crippen molar-refractivity contribution in [3.8, 4) is 0 Å². The van der Waals surface area contributed by atoms with E-state index in [9.17, 15) is 4.39 Å². The topological polar surface area (TPSA) is 54.2 Å². The Morgan fingerprint density at radius 1 is 1.03 bits per heavy atom. The van der Waals surface area contributed by atoms with Crippen molar-refractivity contribution in [2.75, 3.05) is 13.1 Å². The zero-order valence-corrected chi connectivity index (χ0v) is 18.8. The number of rotatable bonds is 8. The van der Waals surface area contributed by atoms with Gasteiger partial charge in [0.05, 0.1) is 19.3 Å².